The van der Waals surface area contributed by atoms with Gasteiger partial charge in [0, 0.05) is 34.1 Å². The molecular weight excluding hydrogens is 378 g/mol. The predicted molar refractivity (Wildman–Crippen MR) is 110 cm³/mol. The van der Waals surface area contributed by atoms with Gasteiger partial charge in [-0.2, -0.15) is 0 Å². The van der Waals surface area contributed by atoms with E-state index in [4.69, 9.17) is 16.3 Å². The van der Waals surface area contributed by atoms with Crippen LogP contribution in [0.3, 0.4) is 0 Å². The first-order valence-electron chi connectivity index (χ1n) is 8.80. The molecule has 0 fully saturated rings. The van der Waals surface area contributed by atoms with E-state index in [1.54, 1.807) is 49.6 Å². The third kappa shape index (κ3) is 4.58. The van der Waals surface area contributed by atoms with Crippen molar-refractivity contribution in [2.45, 2.75) is 19.9 Å². The Balaban J connectivity index is 1.94. The van der Waals surface area contributed by atoms with E-state index in [9.17, 15) is 9.59 Å². The van der Waals surface area contributed by atoms with Crippen LogP contribution in [0.2, 0.25) is 5.02 Å². The molecule has 1 heterocycles. The molecule has 0 aliphatic carbocycles. The molecule has 0 saturated heterocycles. The van der Waals surface area contributed by atoms with Crippen LogP contribution >= 0.6 is 11.6 Å². The summed E-state index contributed by atoms with van der Waals surface area (Å²) in [6, 6.07) is 15.5. The van der Waals surface area contributed by atoms with Crippen LogP contribution in [0.4, 0.5) is 5.69 Å². The molecule has 2 aromatic carbocycles. The number of aryl methyl sites for hydroxylation is 1. The molecule has 144 valence electrons. The molecule has 0 atom stereocenters. The summed E-state index contributed by atoms with van der Waals surface area (Å²) in [5, 5.41) is 3.31. The molecule has 28 heavy (non-hydrogen) atoms. The molecule has 0 unspecified atom stereocenters. The minimum absolute atomic E-state index is 0.172. The van der Waals surface area contributed by atoms with Gasteiger partial charge in [0.2, 0.25) is 5.91 Å². The lowest BCUT2D eigenvalue weighted by molar-refractivity contribution is -0.116. The van der Waals surface area contributed by atoms with E-state index in [0.29, 0.717) is 40.0 Å². The van der Waals surface area contributed by atoms with E-state index in [-0.39, 0.29) is 18.0 Å². The van der Waals surface area contributed by atoms with Crippen LogP contribution < -0.4 is 15.6 Å². The molecule has 7 heteroatoms. The summed E-state index contributed by atoms with van der Waals surface area (Å²) >= 11 is 6.10. The molecule has 0 radical (unpaired) electrons. The van der Waals surface area contributed by atoms with Gasteiger partial charge in [-0.1, -0.05) is 36.7 Å². The van der Waals surface area contributed by atoms with Gasteiger partial charge in [0.1, 0.15) is 18.1 Å². The minimum Gasteiger partial charge on any atom is -0.497 e. The zero-order chi connectivity index (χ0) is 20.1. The number of hydrogen-bond donors (Lipinski definition) is 1. The molecule has 0 aliphatic heterocycles. The molecule has 6 nitrogen and oxygen atoms in total. The molecule has 1 amide bonds. The van der Waals surface area contributed by atoms with Crippen LogP contribution in [0.5, 0.6) is 5.75 Å². The van der Waals surface area contributed by atoms with Crippen molar-refractivity contribution in [3.8, 4) is 17.1 Å². The molecule has 0 saturated carbocycles. The van der Waals surface area contributed by atoms with Gasteiger partial charge in [0.05, 0.1) is 7.11 Å². The fourth-order valence-electron chi connectivity index (χ4n) is 2.78. The fraction of sp³-hybridized carbons (Fsp3) is 0.190. The first-order chi connectivity index (χ1) is 13.5. The summed E-state index contributed by atoms with van der Waals surface area (Å²) < 4.78 is 6.51. The van der Waals surface area contributed by atoms with E-state index < -0.39 is 0 Å². The van der Waals surface area contributed by atoms with E-state index in [2.05, 4.69) is 10.3 Å². The number of nitrogens with zero attached hydrogens (tertiary/aromatic N) is 2. The van der Waals surface area contributed by atoms with Crippen LogP contribution in [0.15, 0.2) is 59.4 Å². The highest BCUT2D eigenvalue weighted by Crippen LogP contribution is 2.21. The zero-order valence-electron chi connectivity index (χ0n) is 15.6. The Bertz CT molecular complexity index is 1060. The lowest BCUT2D eigenvalue weighted by atomic mass is 10.2. The van der Waals surface area contributed by atoms with Crippen LogP contribution in [0.1, 0.15) is 12.6 Å². The van der Waals surface area contributed by atoms with Crippen molar-refractivity contribution in [2.75, 3.05) is 12.4 Å². The van der Waals surface area contributed by atoms with Gasteiger partial charge in [0.15, 0.2) is 0 Å². The third-order valence-corrected chi connectivity index (χ3v) is 4.40. The number of carbonyl (C=O) groups is 1. The number of anilines is 1. The van der Waals surface area contributed by atoms with Crippen LogP contribution in [-0.2, 0) is 17.8 Å². The Kier molecular flexibility index (Phi) is 6.11. The molecular formula is C21H20ClN3O3. The Morgan fingerprint density at radius 2 is 1.96 bits per heavy atom. The molecule has 3 aromatic rings. The second kappa shape index (κ2) is 8.71. The normalized spacial score (nSPS) is 10.5. The molecule has 0 aliphatic rings. The number of ether oxygens (including phenoxy) is 1. The Morgan fingerprint density at radius 1 is 1.18 bits per heavy atom. The average molecular weight is 398 g/mol. The number of rotatable bonds is 6. The maximum Gasteiger partial charge on any atom is 0.254 e. The van der Waals surface area contributed by atoms with Crippen molar-refractivity contribution in [3.05, 3.63) is 75.7 Å². The van der Waals surface area contributed by atoms with Crippen LogP contribution in [-0.4, -0.2) is 22.6 Å². The van der Waals surface area contributed by atoms with E-state index in [1.165, 1.54) is 10.6 Å². The second-order valence-corrected chi connectivity index (χ2v) is 6.58. The van der Waals surface area contributed by atoms with Crippen molar-refractivity contribution < 1.29 is 9.53 Å². The smallest absolute Gasteiger partial charge is 0.254 e. The first-order valence-corrected chi connectivity index (χ1v) is 9.18. The Labute approximate surface area is 167 Å². The predicted octanol–water partition coefficient (Wildman–Crippen LogP) is 3.77. The summed E-state index contributed by atoms with van der Waals surface area (Å²) in [6.07, 6.45) is 0.611. The minimum atomic E-state index is -0.343. The van der Waals surface area contributed by atoms with Crippen molar-refractivity contribution in [1.29, 1.82) is 0 Å². The number of amides is 1. The summed E-state index contributed by atoms with van der Waals surface area (Å²) in [5.41, 5.74) is 1.63. The van der Waals surface area contributed by atoms with Crippen molar-refractivity contribution >= 4 is 23.2 Å². The van der Waals surface area contributed by atoms with Gasteiger partial charge < -0.3 is 10.1 Å². The lowest BCUT2D eigenvalue weighted by Gasteiger charge is -2.14. The first kappa shape index (κ1) is 19.6. The van der Waals surface area contributed by atoms with Crippen molar-refractivity contribution in [2.24, 2.45) is 0 Å². The van der Waals surface area contributed by atoms with Gasteiger partial charge >= 0.3 is 0 Å². The number of halogens is 1. The number of benzene rings is 2. The Hall–Kier alpha value is -3.12. The molecule has 1 N–H and O–H groups in total. The SMILES string of the molecule is CCc1cc(=O)n(CC(=O)Nc2cccc(OC)c2)c(-c2cccc(Cl)c2)n1. The van der Waals surface area contributed by atoms with Gasteiger partial charge in [-0.25, -0.2) is 4.98 Å². The summed E-state index contributed by atoms with van der Waals surface area (Å²) in [4.78, 5) is 29.8. The van der Waals surface area contributed by atoms with E-state index in [1.807, 2.05) is 13.0 Å². The highest BCUT2D eigenvalue weighted by molar-refractivity contribution is 6.30. The summed E-state index contributed by atoms with van der Waals surface area (Å²) in [6.45, 7) is 1.75. The van der Waals surface area contributed by atoms with Crippen molar-refractivity contribution in [1.82, 2.24) is 9.55 Å². The lowest BCUT2D eigenvalue weighted by Crippen LogP contribution is -2.30. The van der Waals surface area contributed by atoms with E-state index >= 15 is 0 Å². The number of hydrogen-bond acceptors (Lipinski definition) is 4. The quantitative estimate of drug-likeness (QED) is 0.687. The van der Waals surface area contributed by atoms with Gasteiger partial charge in [-0.05, 0) is 30.7 Å². The maximum absolute atomic E-state index is 12.7. The van der Waals surface area contributed by atoms with Crippen LogP contribution in [0.25, 0.3) is 11.4 Å². The Morgan fingerprint density at radius 3 is 2.68 bits per heavy atom. The van der Waals surface area contributed by atoms with Gasteiger partial charge in [0.25, 0.3) is 5.56 Å². The molecule has 0 spiro atoms. The molecule has 0 bridgehead atoms. The van der Waals surface area contributed by atoms with Crippen molar-refractivity contribution in [3.63, 3.8) is 0 Å². The summed E-state index contributed by atoms with van der Waals surface area (Å²) in [7, 11) is 1.55. The highest BCUT2D eigenvalue weighted by atomic mass is 35.5. The number of carbonyl (C=O) groups excluding carboxylic acids is 1. The zero-order valence-corrected chi connectivity index (χ0v) is 16.4. The largest absolute Gasteiger partial charge is 0.497 e. The van der Waals surface area contributed by atoms with Gasteiger partial charge in [-0.15, -0.1) is 0 Å². The maximum atomic E-state index is 12.7. The highest BCUT2D eigenvalue weighted by Gasteiger charge is 2.14. The number of aromatic nitrogens is 2. The summed E-state index contributed by atoms with van der Waals surface area (Å²) in [5.74, 6) is 0.695. The molecule has 3 rings (SSSR count). The van der Waals surface area contributed by atoms with E-state index in [0.717, 1.165) is 0 Å². The standard InChI is InChI=1S/C21H20ClN3O3/c1-3-16-12-20(27)25(21(24-16)14-6-4-7-15(22)10-14)13-19(26)23-17-8-5-9-18(11-17)28-2/h4-12H,3,13H2,1-2H3,(H,23,26). The average Bonchev–Trinajstić information content (AvgIpc) is 2.69. The number of nitrogens with one attached hydrogen (secondary N) is 1. The number of methoxy groups -OCH3 is 1. The second-order valence-electron chi connectivity index (χ2n) is 6.14. The monoisotopic (exact) mass is 397 g/mol. The third-order valence-electron chi connectivity index (χ3n) is 4.16. The fourth-order valence-corrected chi connectivity index (χ4v) is 2.97. The topological polar surface area (TPSA) is 73.2 Å². The van der Waals surface area contributed by atoms with Crippen LogP contribution in [0, 0.1) is 0 Å². The molecule has 1 aromatic heterocycles. The van der Waals surface area contributed by atoms with Gasteiger partial charge in [-0.3, -0.25) is 14.2 Å².